The molecule has 0 atom stereocenters. The number of halogens is 2. The molecule has 1 aliphatic rings. The average Bonchev–Trinajstić information content (AvgIpc) is 2.65. The predicted octanol–water partition coefficient (Wildman–Crippen LogP) is 2.98. The van der Waals surface area contributed by atoms with E-state index in [4.69, 9.17) is 12.2 Å². The Kier molecular flexibility index (Phi) is 5.73. The van der Waals surface area contributed by atoms with Gasteiger partial charge < -0.3 is 10.2 Å². The van der Waals surface area contributed by atoms with Crippen LogP contribution in [0.4, 0.5) is 14.5 Å². The van der Waals surface area contributed by atoms with Crippen molar-refractivity contribution in [1.82, 2.24) is 9.21 Å². The second-order valence-electron chi connectivity index (χ2n) is 6.22. The van der Waals surface area contributed by atoms with E-state index in [1.54, 1.807) is 24.0 Å². The smallest absolute Gasteiger partial charge is 0.246 e. The zero-order valence-electron chi connectivity index (χ0n) is 14.7. The van der Waals surface area contributed by atoms with Gasteiger partial charge in [-0.1, -0.05) is 18.2 Å². The third-order valence-corrected chi connectivity index (χ3v) is 6.70. The largest absolute Gasteiger partial charge is 0.346 e. The van der Waals surface area contributed by atoms with Gasteiger partial charge in [0.05, 0.1) is 0 Å². The van der Waals surface area contributed by atoms with Gasteiger partial charge in [-0.15, -0.1) is 0 Å². The first-order valence-electron chi connectivity index (χ1n) is 8.36. The Hall–Kier alpha value is -2.10. The molecular weight excluding hydrogens is 392 g/mol. The van der Waals surface area contributed by atoms with E-state index in [1.807, 2.05) is 0 Å². The van der Waals surface area contributed by atoms with Gasteiger partial charge in [0.15, 0.2) is 5.11 Å². The molecule has 1 N–H and O–H groups in total. The van der Waals surface area contributed by atoms with Gasteiger partial charge in [0, 0.05) is 31.9 Å². The van der Waals surface area contributed by atoms with Crippen molar-refractivity contribution in [1.29, 1.82) is 0 Å². The predicted molar refractivity (Wildman–Crippen MR) is 104 cm³/mol. The van der Waals surface area contributed by atoms with Crippen LogP contribution in [-0.4, -0.2) is 48.9 Å². The number of benzene rings is 2. The number of piperazine rings is 1. The van der Waals surface area contributed by atoms with Gasteiger partial charge in [-0.05, 0) is 49.0 Å². The van der Waals surface area contributed by atoms with E-state index >= 15 is 0 Å². The lowest BCUT2D eigenvalue weighted by Gasteiger charge is -2.35. The van der Waals surface area contributed by atoms with E-state index < -0.39 is 15.8 Å². The summed E-state index contributed by atoms with van der Waals surface area (Å²) in [6.45, 7) is 2.75. The summed E-state index contributed by atoms with van der Waals surface area (Å²) in [6, 6.07) is 10.1. The van der Waals surface area contributed by atoms with Crippen LogP contribution >= 0.6 is 12.2 Å². The fraction of sp³-hybridized carbons (Fsp3) is 0.278. The first-order valence-corrected chi connectivity index (χ1v) is 10.2. The number of thiocarbonyl (C=S) groups is 1. The summed E-state index contributed by atoms with van der Waals surface area (Å²) in [5.74, 6) is -1.10. The Morgan fingerprint density at radius 1 is 1.04 bits per heavy atom. The van der Waals surface area contributed by atoms with Crippen LogP contribution in [-0.2, 0) is 10.0 Å². The molecule has 27 heavy (non-hydrogen) atoms. The summed E-state index contributed by atoms with van der Waals surface area (Å²) in [7, 11) is -3.89. The molecule has 0 aromatic heterocycles. The third kappa shape index (κ3) is 4.26. The molecule has 1 saturated heterocycles. The van der Waals surface area contributed by atoms with Crippen LogP contribution in [0.3, 0.4) is 0 Å². The fourth-order valence-electron chi connectivity index (χ4n) is 2.80. The van der Waals surface area contributed by atoms with Gasteiger partial charge in [0.25, 0.3) is 0 Å². The van der Waals surface area contributed by atoms with E-state index in [9.17, 15) is 17.2 Å². The maximum atomic E-state index is 13.9. The maximum Gasteiger partial charge on any atom is 0.246 e. The SMILES string of the molecule is Cc1ccc(NC(=S)N2CCN(S(=O)(=O)c3ccccc3F)CC2)cc1F. The van der Waals surface area contributed by atoms with E-state index in [-0.39, 0.29) is 23.8 Å². The van der Waals surface area contributed by atoms with Crippen LogP contribution in [0.25, 0.3) is 0 Å². The van der Waals surface area contributed by atoms with Crippen molar-refractivity contribution in [3.05, 3.63) is 59.7 Å². The topological polar surface area (TPSA) is 52.6 Å². The van der Waals surface area contributed by atoms with Crippen molar-refractivity contribution in [2.45, 2.75) is 11.8 Å². The number of nitrogens with zero attached hydrogens (tertiary/aromatic N) is 2. The molecule has 0 bridgehead atoms. The number of sulfonamides is 1. The van der Waals surface area contributed by atoms with Crippen molar-refractivity contribution in [2.75, 3.05) is 31.5 Å². The van der Waals surface area contributed by atoms with Crippen molar-refractivity contribution >= 4 is 33.0 Å². The standard InChI is InChI=1S/C18H19F2N3O2S2/c1-13-6-7-14(12-16(13)20)21-18(26)22-8-10-23(11-9-22)27(24,25)17-5-3-2-4-15(17)19/h2-7,12H,8-11H2,1H3,(H,21,26). The lowest BCUT2D eigenvalue weighted by Crippen LogP contribution is -2.51. The molecule has 1 fully saturated rings. The van der Waals surface area contributed by atoms with Crippen molar-refractivity contribution in [2.24, 2.45) is 0 Å². The van der Waals surface area contributed by atoms with Gasteiger partial charge in [0.1, 0.15) is 16.5 Å². The summed E-state index contributed by atoms with van der Waals surface area (Å²) in [5, 5.41) is 3.35. The molecule has 9 heteroatoms. The number of aryl methyl sites for hydroxylation is 1. The average molecular weight is 411 g/mol. The Bertz CT molecular complexity index is 959. The molecule has 144 valence electrons. The molecule has 1 aliphatic heterocycles. The van der Waals surface area contributed by atoms with Crippen molar-refractivity contribution < 1.29 is 17.2 Å². The van der Waals surface area contributed by atoms with Crippen LogP contribution in [0.15, 0.2) is 47.4 Å². The molecule has 0 spiro atoms. The number of anilines is 1. The molecule has 3 rings (SSSR count). The highest BCUT2D eigenvalue weighted by Crippen LogP contribution is 2.21. The number of rotatable bonds is 3. The molecular formula is C18H19F2N3O2S2. The Labute approximate surface area is 162 Å². The molecule has 2 aromatic rings. The summed E-state index contributed by atoms with van der Waals surface area (Å²) < 4.78 is 54.0. The van der Waals surface area contributed by atoms with Gasteiger partial charge in [-0.3, -0.25) is 0 Å². The summed E-state index contributed by atoms with van der Waals surface area (Å²) in [6.07, 6.45) is 0. The molecule has 0 unspecified atom stereocenters. The zero-order valence-corrected chi connectivity index (χ0v) is 16.3. The highest BCUT2D eigenvalue weighted by atomic mass is 32.2. The van der Waals surface area contributed by atoms with Gasteiger partial charge in [-0.25, -0.2) is 17.2 Å². The molecule has 1 heterocycles. The van der Waals surface area contributed by atoms with Crippen LogP contribution in [0, 0.1) is 18.6 Å². The van der Waals surface area contributed by atoms with Gasteiger partial charge in [-0.2, -0.15) is 4.31 Å². The third-order valence-electron chi connectivity index (χ3n) is 4.40. The van der Waals surface area contributed by atoms with Crippen molar-refractivity contribution in [3.8, 4) is 0 Å². The molecule has 0 amide bonds. The highest BCUT2D eigenvalue weighted by Gasteiger charge is 2.31. The summed E-state index contributed by atoms with van der Waals surface area (Å²) >= 11 is 5.34. The number of hydrogen-bond donors (Lipinski definition) is 1. The van der Waals surface area contributed by atoms with E-state index in [0.29, 0.717) is 29.5 Å². The molecule has 0 aliphatic carbocycles. The van der Waals surface area contributed by atoms with E-state index in [1.165, 1.54) is 28.6 Å². The minimum Gasteiger partial charge on any atom is -0.346 e. The van der Waals surface area contributed by atoms with Crippen LogP contribution in [0.5, 0.6) is 0 Å². The number of nitrogens with one attached hydrogen (secondary N) is 1. The molecule has 5 nitrogen and oxygen atoms in total. The molecule has 0 saturated carbocycles. The van der Waals surface area contributed by atoms with Crippen LogP contribution in [0.2, 0.25) is 0 Å². The minimum absolute atomic E-state index is 0.181. The maximum absolute atomic E-state index is 13.9. The molecule has 0 radical (unpaired) electrons. The first-order chi connectivity index (χ1) is 12.8. The second-order valence-corrected chi connectivity index (χ2v) is 8.51. The summed E-state index contributed by atoms with van der Waals surface area (Å²) in [4.78, 5) is 1.48. The number of hydrogen-bond acceptors (Lipinski definition) is 3. The van der Waals surface area contributed by atoms with Gasteiger partial charge >= 0.3 is 0 Å². The van der Waals surface area contributed by atoms with Crippen LogP contribution < -0.4 is 5.32 Å². The molecule has 2 aromatic carbocycles. The van der Waals surface area contributed by atoms with Crippen LogP contribution in [0.1, 0.15) is 5.56 Å². The Morgan fingerprint density at radius 3 is 2.33 bits per heavy atom. The monoisotopic (exact) mass is 411 g/mol. The zero-order chi connectivity index (χ0) is 19.6. The highest BCUT2D eigenvalue weighted by molar-refractivity contribution is 7.89. The second kappa shape index (κ2) is 7.87. The summed E-state index contributed by atoms with van der Waals surface area (Å²) in [5.41, 5.74) is 1.07. The first kappa shape index (κ1) is 19.7. The van der Waals surface area contributed by atoms with Gasteiger partial charge in [0.2, 0.25) is 10.0 Å². The van der Waals surface area contributed by atoms with Crippen molar-refractivity contribution in [3.63, 3.8) is 0 Å². The Balaban J connectivity index is 1.63. The van der Waals surface area contributed by atoms with E-state index in [0.717, 1.165) is 6.07 Å². The quantitative estimate of drug-likeness (QED) is 0.787. The lowest BCUT2D eigenvalue weighted by molar-refractivity contribution is 0.268. The normalized spacial score (nSPS) is 15.6. The van der Waals surface area contributed by atoms with E-state index in [2.05, 4.69) is 5.32 Å². The Morgan fingerprint density at radius 2 is 1.70 bits per heavy atom. The fourth-order valence-corrected chi connectivity index (χ4v) is 4.59. The lowest BCUT2D eigenvalue weighted by atomic mass is 10.2. The minimum atomic E-state index is -3.89.